The summed E-state index contributed by atoms with van der Waals surface area (Å²) in [4.78, 5) is 13.8. The van der Waals surface area contributed by atoms with Crippen molar-refractivity contribution in [2.45, 2.75) is 13.5 Å². The van der Waals surface area contributed by atoms with Crippen LogP contribution in [0.5, 0.6) is 0 Å². The number of nitrogens with zero attached hydrogens (tertiary/aromatic N) is 3. The van der Waals surface area contributed by atoms with Crippen LogP contribution in [0.2, 0.25) is 0 Å². The molecule has 0 saturated heterocycles. The molecule has 6 nitrogen and oxygen atoms in total. The minimum atomic E-state index is -0.410. The number of aromatic nitrogens is 2. The molecule has 0 fully saturated rings. The zero-order valence-corrected chi connectivity index (χ0v) is 14.3. The number of hydrogen-bond donors (Lipinski definition) is 1. The number of nitrogens with one attached hydrogen (secondary N) is 1. The molecule has 1 aromatic heterocycles. The number of carbonyl (C=O) groups excluding carboxylic acids is 1. The van der Waals surface area contributed by atoms with Gasteiger partial charge in [-0.25, -0.2) is 4.79 Å². The molecule has 1 aromatic carbocycles. The summed E-state index contributed by atoms with van der Waals surface area (Å²) in [6.45, 7) is 2.64. The highest BCUT2D eigenvalue weighted by Gasteiger charge is 2.22. The predicted molar refractivity (Wildman–Crippen MR) is 93.8 cm³/mol. The second kappa shape index (κ2) is 7.73. The molecule has 2 rings (SSSR count). The van der Waals surface area contributed by atoms with E-state index < -0.39 is 5.97 Å². The van der Waals surface area contributed by atoms with Crippen molar-refractivity contribution in [2.24, 2.45) is 0 Å². The van der Waals surface area contributed by atoms with E-state index in [0.717, 1.165) is 5.56 Å². The Morgan fingerprint density at radius 3 is 2.70 bits per heavy atom. The quantitative estimate of drug-likeness (QED) is 0.668. The van der Waals surface area contributed by atoms with Gasteiger partial charge in [0.15, 0.2) is 10.9 Å². The molecule has 0 saturated carbocycles. The van der Waals surface area contributed by atoms with Crippen LogP contribution in [-0.4, -0.2) is 41.6 Å². The van der Waals surface area contributed by atoms with E-state index in [1.54, 1.807) is 36.8 Å². The third-order valence-electron chi connectivity index (χ3n) is 3.26. The van der Waals surface area contributed by atoms with Crippen LogP contribution in [0.25, 0.3) is 0 Å². The first-order chi connectivity index (χ1) is 11.1. The van der Waals surface area contributed by atoms with E-state index >= 15 is 0 Å². The monoisotopic (exact) mass is 332 g/mol. The first-order valence-electron chi connectivity index (χ1n) is 7.30. The molecule has 0 unspecified atom stereocenters. The zero-order valence-electron chi connectivity index (χ0n) is 13.4. The summed E-state index contributed by atoms with van der Waals surface area (Å²) < 4.78 is 6.83. The van der Waals surface area contributed by atoms with Gasteiger partial charge in [0.05, 0.1) is 13.2 Å². The van der Waals surface area contributed by atoms with Crippen LogP contribution < -0.4 is 10.2 Å². The predicted octanol–water partition coefficient (Wildman–Crippen LogP) is 2.05. The molecule has 0 aliphatic rings. The molecule has 0 aliphatic carbocycles. The van der Waals surface area contributed by atoms with Crippen LogP contribution in [0.15, 0.2) is 36.5 Å². The number of carbonyl (C=O) groups is 1. The molecule has 7 heteroatoms. The Bertz CT molecular complexity index is 685. The molecule has 0 bridgehead atoms. The van der Waals surface area contributed by atoms with Crippen molar-refractivity contribution in [2.75, 3.05) is 25.6 Å². The lowest BCUT2D eigenvalue weighted by molar-refractivity contribution is 0.0527. The molecule has 1 heterocycles. The van der Waals surface area contributed by atoms with E-state index in [2.05, 4.69) is 10.4 Å². The van der Waals surface area contributed by atoms with Gasteiger partial charge in [-0.3, -0.25) is 4.68 Å². The summed E-state index contributed by atoms with van der Waals surface area (Å²) >= 11 is 5.22. The lowest BCUT2D eigenvalue weighted by Crippen LogP contribution is -2.35. The Morgan fingerprint density at radius 1 is 1.39 bits per heavy atom. The maximum atomic E-state index is 12.2. The maximum Gasteiger partial charge on any atom is 0.343 e. The number of ether oxygens (including phenoxy) is 1. The number of anilines is 1. The normalized spacial score (nSPS) is 10.2. The molecule has 1 N–H and O–H groups in total. The van der Waals surface area contributed by atoms with Gasteiger partial charge in [-0.2, -0.15) is 5.10 Å². The smallest absolute Gasteiger partial charge is 0.343 e. The molecule has 122 valence electrons. The van der Waals surface area contributed by atoms with Crippen LogP contribution in [0.4, 0.5) is 5.82 Å². The van der Waals surface area contributed by atoms with Crippen molar-refractivity contribution < 1.29 is 9.53 Å². The first kappa shape index (κ1) is 17.0. The number of benzene rings is 1. The molecule has 2 aromatic rings. The second-order valence-electron chi connectivity index (χ2n) is 4.88. The third-order valence-corrected chi connectivity index (χ3v) is 3.74. The summed E-state index contributed by atoms with van der Waals surface area (Å²) in [5.41, 5.74) is 1.48. The van der Waals surface area contributed by atoms with Crippen molar-refractivity contribution in [3.8, 4) is 0 Å². The van der Waals surface area contributed by atoms with Gasteiger partial charge in [-0.15, -0.1) is 0 Å². The van der Waals surface area contributed by atoms with E-state index in [-0.39, 0.29) is 0 Å². The summed E-state index contributed by atoms with van der Waals surface area (Å²) in [6.07, 6.45) is 1.69. The van der Waals surface area contributed by atoms with Gasteiger partial charge in [0, 0.05) is 20.3 Å². The number of rotatable bonds is 5. The van der Waals surface area contributed by atoms with Gasteiger partial charge in [0.1, 0.15) is 5.56 Å². The fraction of sp³-hybridized carbons (Fsp3) is 0.312. The highest BCUT2D eigenvalue weighted by atomic mass is 32.1. The Hall–Kier alpha value is -2.41. The molecule has 23 heavy (non-hydrogen) atoms. The molecular weight excluding hydrogens is 312 g/mol. The van der Waals surface area contributed by atoms with Gasteiger partial charge in [0.25, 0.3) is 0 Å². The lowest BCUT2D eigenvalue weighted by atomic mass is 10.2. The van der Waals surface area contributed by atoms with Gasteiger partial charge in [-0.05, 0) is 24.7 Å². The number of thiocarbonyl (C=S) groups is 1. The SMILES string of the molecule is CCOC(=O)c1cn(Cc2ccccc2)nc1N(C)C(=S)NC. The zero-order chi connectivity index (χ0) is 16.8. The minimum Gasteiger partial charge on any atom is -0.462 e. The van der Waals surface area contributed by atoms with Crippen LogP contribution >= 0.6 is 12.2 Å². The highest BCUT2D eigenvalue weighted by Crippen LogP contribution is 2.19. The Labute approximate surface area is 141 Å². The van der Waals surface area contributed by atoms with Gasteiger partial charge < -0.3 is 15.0 Å². The average Bonchev–Trinajstić information content (AvgIpc) is 2.98. The van der Waals surface area contributed by atoms with Crippen molar-refractivity contribution in [1.29, 1.82) is 0 Å². The third kappa shape index (κ3) is 4.07. The molecule has 0 spiro atoms. The first-order valence-corrected chi connectivity index (χ1v) is 7.71. The van der Waals surface area contributed by atoms with Crippen LogP contribution in [-0.2, 0) is 11.3 Å². The molecule has 0 aliphatic heterocycles. The van der Waals surface area contributed by atoms with Crippen molar-refractivity contribution in [3.05, 3.63) is 47.7 Å². The topological polar surface area (TPSA) is 59.4 Å². The lowest BCUT2D eigenvalue weighted by Gasteiger charge is -2.17. The van der Waals surface area contributed by atoms with E-state index in [9.17, 15) is 4.79 Å². The van der Waals surface area contributed by atoms with Crippen molar-refractivity contribution >= 4 is 29.1 Å². The van der Waals surface area contributed by atoms with E-state index in [4.69, 9.17) is 17.0 Å². The Kier molecular flexibility index (Phi) is 5.70. The van der Waals surface area contributed by atoms with E-state index in [1.807, 2.05) is 30.3 Å². The van der Waals surface area contributed by atoms with Crippen LogP contribution in [0.3, 0.4) is 0 Å². The van der Waals surface area contributed by atoms with Crippen molar-refractivity contribution in [1.82, 2.24) is 15.1 Å². The van der Waals surface area contributed by atoms with Crippen LogP contribution in [0.1, 0.15) is 22.8 Å². The summed E-state index contributed by atoms with van der Waals surface area (Å²) in [5, 5.41) is 7.84. The van der Waals surface area contributed by atoms with Gasteiger partial charge >= 0.3 is 5.97 Å². The van der Waals surface area contributed by atoms with Crippen LogP contribution in [0, 0.1) is 0 Å². The second-order valence-corrected chi connectivity index (χ2v) is 5.27. The Balaban J connectivity index is 2.34. The molecule has 0 radical (unpaired) electrons. The maximum absolute atomic E-state index is 12.2. The summed E-state index contributed by atoms with van der Waals surface area (Å²) in [6, 6.07) is 9.91. The highest BCUT2D eigenvalue weighted by molar-refractivity contribution is 7.80. The largest absolute Gasteiger partial charge is 0.462 e. The van der Waals surface area contributed by atoms with E-state index in [1.165, 1.54) is 0 Å². The minimum absolute atomic E-state index is 0.308. The van der Waals surface area contributed by atoms with E-state index in [0.29, 0.717) is 29.6 Å². The average molecular weight is 332 g/mol. The molecule has 0 atom stereocenters. The van der Waals surface area contributed by atoms with Gasteiger partial charge in [0.2, 0.25) is 0 Å². The number of esters is 1. The summed E-state index contributed by atoms with van der Waals surface area (Å²) in [5.74, 6) is 0.0614. The fourth-order valence-electron chi connectivity index (χ4n) is 2.13. The number of hydrogen-bond acceptors (Lipinski definition) is 4. The standard InChI is InChI=1S/C16H20N4O2S/c1-4-22-15(21)13-11-20(10-12-8-6-5-7-9-12)18-14(13)19(3)16(23)17-2/h5-9,11H,4,10H2,1-3H3,(H,17,23). The fourth-order valence-corrected chi connectivity index (χ4v) is 2.21. The molecular formula is C16H20N4O2S. The Morgan fingerprint density at radius 2 is 2.09 bits per heavy atom. The molecule has 0 amide bonds. The van der Waals surface area contributed by atoms with Gasteiger partial charge in [-0.1, -0.05) is 30.3 Å². The van der Waals surface area contributed by atoms with Crippen molar-refractivity contribution in [3.63, 3.8) is 0 Å². The summed E-state index contributed by atoms with van der Waals surface area (Å²) in [7, 11) is 3.49.